The second-order valence-corrected chi connectivity index (χ2v) is 12.0. The minimum absolute atomic E-state index is 0.0403. The normalized spacial score (nSPS) is 11.8. The monoisotopic (exact) mass is 598 g/mol. The number of benzene rings is 1. The quantitative estimate of drug-likeness (QED) is 0.0677. The summed E-state index contributed by atoms with van der Waals surface area (Å²) in [4.78, 5) is 30.5. The SMILES string of the molecule is CCCCCCCCCCCCCCCCCC(=O)c1cccc(OP(=O)(O)O)c1I(=O)=O. The molecule has 1 aromatic carbocycles. The van der Waals surface area contributed by atoms with Crippen LogP contribution in [-0.4, -0.2) is 15.6 Å². The highest BCUT2D eigenvalue weighted by Crippen LogP contribution is 2.42. The van der Waals surface area contributed by atoms with Crippen LogP contribution in [-0.2, 0) is 10.7 Å². The van der Waals surface area contributed by atoms with Crippen LogP contribution in [0.1, 0.15) is 120 Å². The zero-order chi connectivity index (χ0) is 24.5. The summed E-state index contributed by atoms with van der Waals surface area (Å²) < 4.78 is 38.6. The third kappa shape index (κ3) is 14.2. The van der Waals surface area contributed by atoms with E-state index in [4.69, 9.17) is 9.79 Å². The fourth-order valence-corrected chi connectivity index (χ4v) is 6.14. The van der Waals surface area contributed by atoms with Gasteiger partial charge in [-0.2, -0.15) is 0 Å². The van der Waals surface area contributed by atoms with Gasteiger partial charge in [-0.05, 0) is 18.6 Å². The van der Waals surface area contributed by atoms with Gasteiger partial charge in [0.05, 0.1) is 0 Å². The van der Waals surface area contributed by atoms with E-state index >= 15 is 0 Å². The second-order valence-electron chi connectivity index (χ2n) is 8.54. The van der Waals surface area contributed by atoms with Gasteiger partial charge in [0.2, 0.25) is 0 Å². The molecule has 0 aromatic heterocycles. The molecule has 1 rings (SSSR count). The average Bonchev–Trinajstić information content (AvgIpc) is 2.74. The lowest BCUT2D eigenvalue weighted by molar-refractivity contribution is 0.0977. The number of halogens is 1. The molecule has 0 aliphatic heterocycles. The summed E-state index contributed by atoms with van der Waals surface area (Å²) in [6, 6.07) is 3.89. The highest BCUT2D eigenvalue weighted by atomic mass is 127. The minimum Gasteiger partial charge on any atom is -0.403 e. The number of rotatable bonds is 20. The molecule has 0 unspecified atom stereocenters. The standard InChI is InChI=1S/C24H40IO7P/c1-2-3-4-5-6-7-8-9-10-11-12-13-14-15-16-19-22(26)21-18-17-20-23(24(21)25(27)28)32-33(29,30)31/h17-18,20H,2-16,19H2,1H3,(H2,29,30,31). The summed E-state index contributed by atoms with van der Waals surface area (Å²) in [5.41, 5.74) is -0.0403. The summed E-state index contributed by atoms with van der Waals surface area (Å²) in [6.45, 7) is 2.24. The van der Waals surface area contributed by atoms with Crippen molar-refractivity contribution in [3.05, 3.63) is 27.3 Å². The first-order valence-corrected chi connectivity index (χ1v) is 16.6. The molecule has 0 amide bonds. The van der Waals surface area contributed by atoms with Crippen LogP contribution in [0.5, 0.6) is 5.75 Å². The van der Waals surface area contributed by atoms with E-state index in [1.165, 1.54) is 82.8 Å². The molecule has 9 heteroatoms. The summed E-state index contributed by atoms with van der Waals surface area (Å²) >= 11 is -4.21. The van der Waals surface area contributed by atoms with Crippen molar-refractivity contribution in [3.8, 4) is 5.75 Å². The third-order valence-corrected chi connectivity index (χ3v) is 8.07. The molecular weight excluding hydrogens is 558 g/mol. The van der Waals surface area contributed by atoms with Crippen LogP contribution < -0.4 is 4.52 Å². The van der Waals surface area contributed by atoms with Crippen LogP contribution in [0, 0.1) is 3.57 Å². The molecule has 7 nitrogen and oxygen atoms in total. The first kappa shape index (κ1) is 30.2. The van der Waals surface area contributed by atoms with Gasteiger partial charge in [0.15, 0.2) is 11.5 Å². The van der Waals surface area contributed by atoms with Crippen molar-refractivity contribution < 1.29 is 29.8 Å². The molecule has 1 aromatic rings. The molecule has 190 valence electrons. The maximum atomic E-state index is 12.5. The van der Waals surface area contributed by atoms with Crippen molar-refractivity contribution in [2.24, 2.45) is 0 Å². The van der Waals surface area contributed by atoms with Gasteiger partial charge < -0.3 is 4.52 Å². The van der Waals surface area contributed by atoms with E-state index in [0.717, 1.165) is 25.3 Å². The maximum Gasteiger partial charge on any atom is 0.524 e. The van der Waals surface area contributed by atoms with E-state index in [2.05, 4.69) is 11.4 Å². The van der Waals surface area contributed by atoms with Gasteiger partial charge in [-0.15, -0.1) is 0 Å². The lowest BCUT2D eigenvalue weighted by Gasteiger charge is -2.11. The van der Waals surface area contributed by atoms with Crippen LogP contribution in [0.2, 0.25) is 0 Å². The van der Waals surface area contributed by atoms with Crippen LogP contribution in [0.25, 0.3) is 0 Å². The predicted octanol–water partition coefficient (Wildman–Crippen LogP) is 7.97. The highest BCUT2D eigenvalue weighted by Gasteiger charge is 2.24. The van der Waals surface area contributed by atoms with Gasteiger partial charge in [0.1, 0.15) is 3.57 Å². The van der Waals surface area contributed by atoms with E-state index in [-0.39, 0.29) is 21.3 Å². The number of hydrogen-bond acceptors (Lipinski definition) is 5. The van der Waals surface area contributed by atoms with Crippen molar-refractivity contribution in [1.82, 2.24) is 0 Å². The van der Waals surface area contributed by atoms with Crippen molar-refractivity contribution in [3.63, 3.8) is 0 Å². The molecule has 0 fully saturated rings. The second kappa shape index (κ2) is 17.6. The molecule has 0 aliphatic rings. The molecule has 0 aliphatic carbocycles. The first-order valence-electron chi connectivity index (χ1n) is 12.2. The van der Waals surface area contributed by atoms with E-state index in [0.29, 0.717) is 6.42 Å². The Kier molecular flexibility index (Phi) is 16.1. The molecule has 0 atom stereocenters. The number of phosphoric acid groups is 1. The smallest absolute Gasteiger partial charge is 0.403 e. The molecule has 33 heavy (non-hydrogen) atoms. The van der Waals surface area contributed by atoms with Gasteiger partial charge in [-0.25, -0.2) is 10.7 Å². The lowest BCUT2D eigenvalue weighted by atomic mass is 10.0. The Morgan fingerprint density at radius 1 is 0.818 bits per heavy atom. The predicted molar refractivity (Wildman–Crippen MR) is 137 cm³/mol. The van der Waals surface area contributed by atoms with Gasteiger partial charge >= 0.3 is 27.6 Å². The Hall–Kier alpha value is -0.830. The highest BCUT2D eigenvalue weighted by molar-refractivity contribution is 14.2. The number of ketones is 1. The van der Waals surface area contributed by atoms with Crippen LogP contribution in [0.15, 0.2) is 18.2 Å². The van der Waals surface area contributed by atoms with Crippen LogP contribution in [0.3, 0.4) is 0 Å². The summed E-state index contributed by atoms with van der Waals surface area (Å²) in [7, 11) is -4.92. The van der Waals surface area contributed by atoms with Gasteiger partial charge in [0, 0.05) is 12.0 Å². The molecular formula is C24H40IO7P. The zero-order valence-corrected chi connectivity index (χ0v) is 22.9. The molecule has 0 radical (unpaired) electrons. The van der Waals surface area contributed by atoms with Gasteiger partial charge in [-0.1, -0.05) is 103 Å². The number of Topliss-reactive ketones (excluding diaryl/α,β-unsaturated/α-hetero) is 1. The van der Waals surface area contributed by atoms with E-state index in [9.17, 15) is 15.5 Å². The van der Waals surface area contributed by atoms with Crippen LogP contribution >= 0.6 is 27.6 Å². The van der Waals surface area contributed by atoms with E-state index < -0.39 is 33.4 Å². The first-order chi connectivity index (χ1) is 15.8. The van der Waals surface area contributed by atoms with Crippen LogP contribution in [0.4, 0.5) is 0 Å². The Balaban J connectivity index is 2.22. The van der Waals surface area contributed by atoms with Crippen molar-refractivity contribution >= 4 is 33.4 Å². The van der Waals surface area contributed by atoms with Gasteiger partial charge in [-0.3, -0.25) is 14.6 Å². The number of carbonyl (C=O) groups excluding carboxylic acids is 1. The number of unbranched alkanes of at least 4 members (excludes halogenated alkanes) is 14. The topological polar surface area (TPSA) is 118 Å². The average molecular weight is 598 g/mol. The number of hydrogen-bond donors (Lipinski definition) is 2. The third-order valence-electron chi connectivity index (χ3n) is 5.64. The Bertz CT molecular complexity index is 809. The Morgan fingerprint density at radius 3 is 1.70 bits per heavy atom. The molecule has 0 saturated carbocycles. The summed E-state index contributed by atoms with van der Waals surface area (Å²) in [5, 5.41) is 0. The zero-order valence-electron chi connectivity index (χ0n) is 19.8. The molecule has 0 spiro atoms. The van der Waals surface area contributed by atoms with Crippen molar-refractivity contribution in [1.29, 1.82) is 0 Å². The fraction of sp³-hybridized carbons (Fsp3) is 0.708. The maximum absolute atomic E-state index is 12.5. The van der Waals surface area contributed by atoms with E-state index in [1.807, 2.05) is 0 Å². The lowest BCUT2D eigenvalue weighted by Crippen LogP contribution is -2.04. The Labute approximate surface area is 205 Å². The largest absolute Gasteiger partial charge is 0.524 e. The number of carbonyl (C=O) groups is 1. The summed E-state index contributed by atoms with van der Waals surface area (Å²) in [5.74, 6) is -0.800. The van der Waals surface area contributed by atoms with Crippen molar-refractivity contribution in [2.45, 2.75) is 110 Å². The molecule has 2 N–H and O–H groups in total. The van der Waals surface area contributed by atoms with E-state index in [1.54, 1.807) is 0 Å². The molecule has 0 saturated heterocycles. The molecule has 0 heterocycles. The molecule has 0 bridgehead atoms. The number of phosphoric ester groups is 1. The Morgan fingerprint density at radius 2 is 1.27 bits per heavy atom. The summed E-state index contributed by atoms with van der Waals surface area (Å²) in [6.07, 6.45) is 18.5. The van der Waals surface area contributed by atoms with Gasteiger partial charge in [0.25, 0.3) is 0 Å². The van der Waals surface area contributed by atoms with Crippen molar-refractivity contribution in [2.75, 3.05) is 0 Å². The minimum atomic E-state index is -4.92. The fourth-order valence-electron chi connectivity index (χ4n) is 3.88.